The van der Waals surface area contributed by atoms with Crippen LogP contribution in [0, 0.1) is 0 Å². The van der Waals surface area contributed by atoms with Gasteiger partial charge in [0, 0.05) is 13.0 Å². The highest BCUT2D eigenvalue weighted by Gasteiger charge is 2.22. The molecular formula is C11H15NO2. The lowest BCUT2D eigenvalue weighted by Crippen LogP contribution is -2.35. The molecule has 0 saturated carbocycles. The molecule has 0 aliphatic rings. The molecule has 0 saturated heterocycles. The molecule has 2 unspecified atom stereocenters. The summed E-state index contributed by atoms with van der Waals surface area (Å²) in [7, 11) is 1.52. The van der Waals surface area contributed by atoms with Gasteiger partial charge in [-0.3, -0.25) is 4.79 Å². The van der Waals surface area contributed by atoms with Crippen LogP contribution in [0.5, 0.6) is 0 Å². The van der Waals surface area contributed by atoms with Gasteiger partial charge in [-0.2, -0.15) is 0 Å². The third kappa shape index (κ3) is 2.33. The van der Waals surface area contributed by atoms with Crippen molar-refractivity contribution in [2.75, 3.05) is 7.05 Å². The van der Waals surface area contributed by atoms with Crippen LogP contribution in [0.1, 0.15) is 18.4 Å². The van der Waals surface area contributed by atoms with Gasteiger partial charge in [0.2, 0.25) is 5.91 Å². The third-order valence-corrected chi connectivity index (χ3v) is 2.31. The Kier molecular flexibility index (Phi) is 3.65. The summed E-state index contributed by atoms with van der Waals surface area (Å²) in [6.07, 6.45) is -0.984. The van der Waals surface area contributed by atoms with E-state index in [1.54, 1.807) is 0 Å². The lowest BCUT2D eigenvalue weighted by molar-refractivity contribution is -0.129. The molecule has 3 heteroatoms. The summed E-state index contributed by atoms with van der Waals surface area (Å²) in [6, 6.07) is 9.49. The quantitative estimate of drug-likeness (QED) is 0.749. The van der Waals surface area contributed by atoms with E-state index in [2.05, 4.69) is 5.32 Å². The van der Waals surface area contributed by atoms with Gasteiger partial charge in [0.05, 0.1) is 0 Å². The molecule has 3 nitrogen and oxygen atoms in total. The fourth-order valence-electron chi connectivity index (χ4n) is 1.31. The molecule has 0 spiro atoms. The van der Waals surface area contributed by atoms with E-state index < -0.39 is 6.10 Å². The second-order valence-corrected chi connectivity index (χ2v) is 3.26. The Morgan fingerprint density at radius 1 is 1.36 bits per heavy atom. The van der Waals surface area contributed by atoms with Gasteiger partial charge in [0.1, 0.15) is 6.10 Å². The number of carbonyl (C=O) groups excluding carboxylic acids is 1. The lowest BCUT2D eigenvalue weighted by Gasteiger charge is -2.17. The monoisotopic (exact) mass is 193 g/mol. The van der Waals surface area contributed by atoms with Gasteiger partial charge in [0.15, 0.2) is 0 Å². The Balaban J connectivity index is 2.75. The highest BCUT2D eigenvalue weighted by atomic mass is 16.3. The molecule has 1 aromatic carbocycles. The van der Waals surface area contributed by atoms with Crippen LogP contribution in [-0.4, -0.2) is 24.2 Å². The van der Waals surface area contributed by atoms with Crippen LogP contribution in [0.4, 0.5) is 0 Å². The van der Waals surface area contributed by atoms with E-state index in [0.29, 0.717) is 0 Å². The summed E-state index contributed by atoms with van der Waals surface area (Å²) < 4.78 is 0. The van der Waals surface area contributed by atoms with E-state index in [9.17, 15) is 9.90 Å². The Morgan fingerprint density at radius 3 is 2.43 bits per heavy atom. The minimum Gasteiger partial charge on any atom is -0.383 e. The van der Waals surface area contributed by atoms with Crippen molar-refractivity contribution in [1.29, 1.82) is 0 Å². The number of nitrogens with one attached hydrogen (secondary N) is 1. The smallest absolute Gasteiger partial charge is 0.249 e. The zero-order chi connectivity index (χ0) is 10.6. The first-order valence-electron chi connectivity index (χ1n) is 4.61. The molecule has 0 aromatic heterocycles. The maximum absolute atomic E-state index is 11.2. The Hall–Kier alpha value is -1.35. The molecular weight excluding hydrogens is 178 g/mol. The predicted octanol–water partition coefficient (Wildman–Crippen LogP) is 0.897. The van der Waals surface area contributed by atoms with Crippen LogP contribution in [0.3, 0.4) is 0 Å². The largest absolute Gasteiger partial charge is 0.383 e. The summed E-state index contributed by atoms with van der Waals surface area (Å²) in [4.78, 5) is 11.2. The average Bonchev–Trinajstić information content (AvgIpc) is 2.27. The Morgan fingerprint density at radius 2 is 1.93 bits per heavy atom. The molecule has 14 heavy (non-hydrogen) atoms. The topological polar surface area (TPSA) is 49.3 Å². The van der Waals surface area contributed by atoms with Crippen molar-refractivity contribution in [3.05, 3.63) is 35.9 Å². The van der Waals surface area contributed by atoms with Gasteiger partial charge in [-0.25, -0.2) is 0 Å². The number of carbonyl (C=O) groups is 1. The van der Waals surface area contributed by atoms with Crippen molar-refractivity contribution in [2.24, 2.45) is 0 Å². The number of aliphatic hydroxyl groups excluding tert-OH is 1. The van der Waals surface area contributed by atoms with Crippen molar-refractivity contribution < 1.29 is 9.90 Å². The van der Waals surface area contributed by atoms with Crippen molar-refractivity contribution in [2.45, 2.75) is 18.9 Å². The second-order valence-electron chi connectivity index (χ2n) is 3.26. The van der Waals surface area contributed by atoms with Gasteiger partial charge in [-0.1, -0.05) is 37.3 Å². The van der Waals surface area contributed by atoms with Crippen LogP contribution < -0.4 is 5.32 Å². The number of hydrogen-bond acceptors (Lipinski definition) is 2. The molecule has 0 aliphatic heterocycles. The number of rotatable bonds is 3. The average molecular weight is 193 g/mol. The highest BCUT2D eigenvalue weighted by Crippen LogP contribution is 2.18. The Labute approximate surface area is 83.8 Å². The summed E-state index contributed by atoms with van der Waals surface area (Å²) in [5, 5.41) is 12.1. The maximum atomic E-state index is 11.2. The van der Waals surface area contributed by atoms with E-state index in [4.69, 9.17) is 0 Å². The minimum atomic E-state index is -0.984. The van der Waals surface area contributed by atoms with E-state index >= 15 is 0 Å². The molecule has 1 rings (SSSR count). The van der Waals surface area contributed by atoms with Crippen LogP contribution in [0.15, 0.2) is 30.3 Å². The van der Waals surface area contributed by atoms with Crippen molar-refractivity contribution in [3.8, 4) is 0 Å². The third-order valence-electron chi connectivity index (χ3n) is 2.31. The summed E-state index contributed by atoms with van der Waals surface area (Å²) >= 11 is 0. The molecule has 0 bridgehead atoms. The van der Waals surface area contributed by atoms with Crippen LogP contribution in [-0.2, 0) is 4.79 Å². The van der Waals surface area contributed by atoms with Gasteiger partial charge in [-0.05, 0) is 5.56 Å². The van der Waals surface area contributed by atoms with Crippen LogP contribution in [0.2, 0.25) is 0 Å². The van der Waals surface area contributed by atoms with E-state index in [1.165, 1.54) is 7.05 Å². The molecule has 0 radical (unpaired) electrons. The molecule has 2 atom stereocenters. The molecule has 0 aliphatic carbocycles. The fourth-order valence-corrected chi connectivity index (χ4v) is 1.31. The molecule has 2 N–H and O–H groups in total. The SMILES string of the molecule is CNC(=O)C(O)C(C)c1ccccc1. The van der Waals surface area contributed by atoms with Gasteiger partial charge in [0.25, 0.3) is 0 Å². The number of likely N-dealkylation sites (N-methyl/N-ethyl adjacent to an activating group) is 1. The predicted molar refractivity (Wildman–Crippen MR) is 54.9 cm³/mol. The summed E-state index contributed by atoms with van der Waals surface area (Å²) in [5.41, 5.74) is 0.962. The molecule has 0 fully saturated rings. The van der Waals surface area contributed by atoms with Crippen molar-refractivity contribution in [3.63, 3.8) is 0 Å². The van der Waals surface area contributed by atoms with Crippen molar-refractivity contribution >= 4 is 5.91 Å². The number of amides is 1. The molecule has 1 aromatic rings. The fraction of sp³-hybridized carbons (Fsp3) is 0.364. The lowest BCUT2D eigenvalue weighted by atomic mass is 9.95. The second kappa shape index (κ2) is 4.77. The normalized spacial score (nSPS) is 14.5. The van der Waals surface area contributed by atoms with Gasteiger partial charge in [-0.15, -0.1) is 0 Å². The van der Waals surface area contributed by atoms with Crippen LogP contribution in [0.25, 0.3) is 0 Å². The standard InChI is InChI=1S/C11H15NO2/c1-8(10(13)11(14)12-2)9-6-4-3-5-7-9/h3-8,10,13H,1-2H3,(H,12,14). The van der Waals surface area contributed by atoms with Crippen molar-refractivity contribution in [1.82, 2.24) is 5.32 Å². The number of hydrogen-bond donors (Lipinski definition) is 2. The zero-order valence-corrected chi connectivity index (χ0v) is 8.40. The number of benzene rings is 1. The molecule has 76 valence electrons. The first-order chi connectivity index (χ1) is 6.66. The highest BCUT2D eigenvalue weighted by molar-refractivity contribution is 5.81. The van der Waals surface area contributed by atoms with E-state index in [1.807, 2.05) is 37.3 Å². The maximum Gasteiger partial charge on any atom is 0.249 e. The van der Waals surface area contributed by atoms with E-state index in [-0.39, 0.29) is 11.8 Å². The summed E-state index contributed by atoms with van der Waals surface area (Å²) in [5.74, 6) is -0.530. The molecule has 1 amide bonds. The minimum absolute atomic E-state index is 0.184. The first kappa shape index (κ1) is 10.7. The van der Waals surface area contributed by atoms with E-state index in [0.717, 1.165) is 5.56 Å². The zero-order valence-electron chi connectivity index (χ0n) is 8.40. The summed E-state index contributed by atoms with van der Waals surface area (Å²) in [6.45, 7) is 1.83. The number of aliphatic hydroxyl groups is 1. The Bertz CT molecular complexity index is 297. The van der Waals surface area contributed by atoms with Crippen LogP contribution >= 0.6 is 0 Å². The first-order valence-corrected chi connectivity index (χ1v) is 4.61. The molecule has 0 heterocycles. The van der Waals surface area contributed by atoms with Gasteiger partial charge < -0.3 is 10.4 Å². The van der Waals surface area contributed by atoms with Gasteiger partial charge >= 0.3 is 0 Å².